The van der Waals surface area contributed by atoms with Gasteiger partial charge in [0.25, 0.3) is 0 Å². The van der Waals surface area contributed by atoms with Crippen LogP contribution in [0, 0.1) is 11.8 Å². The highest BCUT2D eigenvalue weighted by atomic mass is 19.4. The predicted octanol–water partition coefficient (Wildman–Crippen LogP) is 1.74. The number of primary amides is 1. The predicted molar refractivity (Wildman–Crippen MR) is 57.5 cm³/mol. The van der Waals surface area contributed by atoms with E-state index < -0.39 is 17.6 Å². The second-order valence-corrected chi connectivity index (χ2v) is 3.37. The van der Waals surface area contributed by atoms with Crippen LogP contribution in [0.3, 0.4) is 0 Å². The molecule has 0 fully saturated rings. The molecule has 0 spiro atoms. The summed E-state index contributed by atoms with van der Waals surface area (Å²) < 4.78 is 38.0. The molecule has 0 aliphatic heterocycles. The molecule has 1 rings (SSSR count). The minimum Gasteiger partial charge on any atom is -0.369 e. The summed E-state index contributed by atoms with van der Waals surface area (Å²) in [5, 5.41) is 0. The van der Waals surface area contributed by atoms with Gasteiger partial charge in [-0.1, -0.05) is 17.9 Å². The Balaban J connectivity index is 3.21. The molecule has 0 atom stereocenters. The summed E-state index contributed by atoms with van der Waals surface area (Å²) in [6.45, 7) is 0. The van der Waals surface area contributed by atoms with Crippen molar-refractivity contribution in [3.8, 4) is 11.8 Å². The normalized spacial score (nSPS) is 10.4. The molecule has 18 heavy (non-hydrogen) atoms. The van der Waals surface area contributed by atoms with Gasteiger partial charge in [0, 0.05) is 11.1 Å². The summed E-state index contributed by atoms with van der Waals surface area (Å²) in [5.41, 5.74) is 3.41. The Morgan fingerprint density at radius 3 is 2.56 bits per heavy atom. The first-order valence-electron chi connectivity index (χ1n) is 4.78. The van der Waals surface area contributed by atoms with Crippen LogP contribution in [0.4, 0.5) is 13.2 Å². The molecule has 0 aromatic heterocycles. The molecule has 6 heteroatoms. The number of hydrogen-bond donors (Lipinski definition) is 1. The minimum atomic E-state index is -4.62. The van der Waals surface area contributed by atoms with Crippen LogP contribution in [0.5, 0.6) is 0 Å². The van der Waals surface area contributed by atoms with Crippen LogP contribution in [0.15, 0.2) is 18.2 Å². The van der Waals surface area contributed by atoms with Gasteiger partial charge in [-0.15, -0.1) is 0 Å². The first-order valence-corrected chi connectivity index (χ1v) is 4.78. The maximum absolute atomic E-state index is 12.7. The molecule has 0 heterocycles. The number of carbonyl (C=O) groups excluding carboxylic acids is 2. The van der Waals surface area contributed by atoms with Crippen LogP contribution in [-0.2, 0) is 11.0 Å². The smallest absolute Gasteiger partial charge is 0.369 e. The van der Waals surface area contributed by atoms with Crippen LogP contribution < -0.4 is 5.73 Å². The van der Waals surface area contributed by atoms with Crippen molar-refractivity contribution in [1.29, 1.82) is 0 Å². The van der Waals surface area contributed by atoms with Gasteiger partial charge in [0.15, 0.2) is 0 Å². The third-order valence-electron chi connectivity index (χ3n) is 1.97. The summed E-state index contributed by atoms with van der Waals surface area (Å²) >= 11 is 0. The molecule has 0 saturated carbocycles. The van der Waals surface area contributed by atoms with Crippen LogP contribution in [0.1, 0.15) is 27.9 Å². The Labute approximate surface area is 101 Å². The number of amides is 1. The van der Waals surface area contributed by atoms with Crippen molar-refractivity contribution in [2.75, 3.05) is 0 Å². The lowest BCUT2D eigenvalue weighted by Gasteiger charge is -2.09. The maximum atomic E-state index is 12.7. The molecule has 3 nitrogen and oxygen atoms in total. The van der Waals surface area contributed by atoms with E-state index in [-0.39, 0.29) is 17.5 Å². The lowest BCUT2D eigenvalue weighted by atomic mass is 10.0. The number of carbonyl (C=O) groups is 2. The van der Waals surface area contributed by atoms with Crippen molar-refractivity contribution in [3.63, 3.8) is 0 Å². The van der Waals surface area contributed by atoms with Crippen molar-refractivity contribution >= 4 is 12.2 Å². The molecule has 1 amide bonds. The number of hydrogen-bond acceptors (Lipinski definition) is 2. The number of rotatable bonds is 2. The Hall–Kier alpha value is -2.29. The van der Waals surface area contributed by atoms with Gasteiger partial charge in [0.1, 0.15) is 6.29 Å². The topological polar surface area (TPSA) is 60.2 Å². The van der Waals surface area contributed by atoms with Crippen LogP contribution in [0.25, 0.3) is 0 Å². The Kier molecular flexibility index (Phi) is 4.10. The van der Waals surface area contributed by atoms with E-state index in [0.717, 1.165) is 6.07 Å². The fourth-order valence-corrected chi connectivity index (χ4v) is 1.21. The van der Waals surface area contributed by atoms with Crippen molar-refractivity contribution in [2.45, 2.75) is 12.6 Å². The van der Waals surface area contributed by atoms with Crippen molar-refractivity contribution in [3.05, 3.63) is 34.9 Å². The highest BCUT2D eigenvalue weighted by Gasteiger charge is 2.33. The summed E-state index contributed by atoms with van der Waals surface area (Å²) in [6.07, 6.45) is -4.63. The van der Waals surface area contributed by atoms with E-state index in [2.05, 4.69) is 11.8 Å². The second kappa shape index (κ2) is 5.36. The standard InChI is InChI=1S/C12H8F3NO2/c13-12(14,15)10-6-8(7-17)4-5-9(10)2-1-3-11(16)18/h4-7H,3H2,(H2,16,18). The third-order valence-corrected chi connectivity index (χ3v) is 1.97. The van der Waals surface area contributed by atoms with E-state index >= 15 is 0 Å². The minimum absolute atomic E-state index is 0.0947. The van der Waals surface area contributed by atoms with Crippen molar-refractivity contribution in [1.82, 2.24) is 0 Å². The second-order valence-electron chi connectivity index (χ2n) is 3.37. The van der Waals surface area contributed by atoms with E-state index in [1.165, 1.54) is 6.07 Å². The van der Waals surface area contributed by atoms with E-state index in [4.69, 9.17) is 5.73 Å². The molecule has 0 bridgehead atoms. The Morgan fingerprint density at radius 2 is 2.06 bits per heavy atom. The largest absolute Gasteiger partial charge is 0.417 e. The molecule has 1 aromatic carbocycles. The van der Waals surface area contributed by atoms with Gasteiger partial charge in [0.2, 0.25) is 5.91 Å². The number of aldehydes is 1. The number of alkyl halides is 3. The molecular formula is C12H8F3NO2. The zero-order valence-corrected chi connectivity index (χ0v) is 9.04. The monoisotopic (exact) mass is 255 g/mol. The van der Waals surface area contributed by atoms with Crippen molar-refractivity contribution < 1.29 is 22.8 Å². The van der Waals surface area contributed by atoms with Crippen LogP contribution in [0.2, 0.25) is 0 Å². The van der Waals surface area contributed by atoms with Gasteiger partial charge in [-0.25, -0.2) is 0 Å². The summed E-state index contributed by atoms with van der Waals surface area (Å²) in [7, 11) is 0. The Bertz CT molecular complexity index is 538. The average molecular weight is 255 g/mol. The molecule has 94 valence electrons. The lowest BCUT2D eigenvalue weighted by molar-refractivity contribution is -0.137. The molecule has 0 aliphatic carbocycles. The van der Waals surface area contributed by atoms with Gasteiger partial charge in [-0.05, 0) is 12.1 Å². The van der Waals surface area contributed by atoms with Gasteiger partial charge < -0.3 is 5.73 Å². The third kappa shape index (κ3) is 3.63. The van der Waals surface area contributed by atoms with E-state index in [0.29, 0.717) is 12.4 Å². The molecule has 0 saturated heterocycles. The first kappa shape index (κ1) is 13.8. The zero-order chi connectivity index (χ0) is 13.8. The molecule has 2 N–H and O–H groups in total. The number of halogens is 3. The van der Waals surface area contributed by atoms with E-state index in [9.17, 15) is 22.8 Å². The number of nitrogens with two attached hydrogens (primary N) is 1. The van der Waals surface area contributed by atoms with Gasteiger partial charge in [0.05, 0.1) is 12.0 Å². The molecule has 0 unspecified atom stereocenters. The van der Waals surface area contributed by atoms with Crippen LogP contribution >= 0.6 is 0 Å². The molecular weight excluding hydrogens is 247 g/mol. The molecule has 0 radical (unpaired) electrons. The van der Waals surface area contributed by atoms with Crippen LogP contribution in [-0.4, -0.2) is 12.2 Å². The van der Waals surface area contributed by atoms with Gasteiger partial charge in [-0.3, -0.25) is 9.59 Å². The Morgan fingerprint density at radius 1 is 1.39 bits per heavy atom. The fraction of sp³-hybridized carbons (Fsp3) is 0.167. The number of benzene rings is 1. The first-order chi connectivity index (χ1) is 8.34. The van der Waals surface area contributed by atoms with E-state index in [1.807, 2.05) is 0 Å². The lowest BCUT2D eigenvalue weighted by Crippen LogP contribution is -2.09. The SMILES string of the molecule is NC(=O)CC#Cc1ccc(C=O)cc1C(F)(F)F. The van der Waals surface area contributed by atoms with Gasteiger partial charge in [-0.2, -0.15) is 13.2 Å². The highest BCUT2D eigenvalue weighted by Crippen LogP contribution is 2.32. The summed E-state index contributed by atoms with van der Waals surface area (Å²) in [4.78, 5) is 20.9. The summed E-state index contributed by atoms with van der Waals surface area (Å²) in [6, 6.07) is 3.01. The zero-order valence-electron chi connectivity index (χ0n) is 9.04. The van der Waals surface area contributed by atoms with Crippen molar-refractivity contribution in [2.24, 2.45) is 5.73 Å². The molecule has 1 aromatic rings. The quantitative estimate of drug-likeness (QED) is 0.646. The maximum Gasteiger partial charge on any atom is 0.417 e. The average Bonchev–Trinajstić information content (AvgIpc) is 2.27. The van der Waals surface area contributed by atoms with Gasteiger partial charge >= 0.3 is 6.18 Å². The summed E-state index contributed by atoms with van der Waals surface area (Å²) in [5.74, 6) is 3.73. The highest BCUT2D eigenvalue weighted by molar-refractivity contribution is 5.77. The fourth-order valence-electron chi connectivity index (χ4n) is 1.21. The molecule has 0 aliphatic rings. The van der Waals surface area contributed by atoms with E-state index in [1.54, 1.807) is 0 Å².